The van der Waals surface area contributed by atoms with Crippen LogP contribution in [0.1, 0.15) is 13.3 Å². The Balaban J connectivity index is 2.78. The summed E-state index contributed by atoms with van der Waals surface area (Å²) >= 11 is 0. The number of anilines is 2. The van der Waals surface area contributed by atoms with Crippen LogP contribution in [0.2, 0.25) is 0 Å². The molecule has 4 nitrogen and oxygen atoms in total. The van der Waals surface area contributed by atoms with Crippen LogP contribution in [-0.2, 0) is 0 Å². The first kappa shape index (κ1) is 13.6. The molecule has 0 radical (unpaired) electrons. The van der Waals surface area contributed by atoms with Crippen LogP contribution in [0.3, 0.4) is 0 Å². The number of nitrogens with one attached hydrogen (secondary N) is 1. The molecule has 0 saturated heterocycles. The molecule has 0 aliphatic carbocycles. The van der Waals surface area contributed by atoms with E-state index >= 15 is 0 Å². The number of likely N-dealkylation sites (N-methyl/N-ethyl adjacent to an activating group) is 2. The minimum absolute atomic E-state index is 0.702. The predicted molar refractivity (Wildman–Crippen MR) is 73.8 cm³/mol. The van der Waals surface area contributed by atoms with Gasteiger partial charge in [-0.25, -0.2) is 0 Å². The Labute approximate surface area is 104 Å². The molecule has 0 unspecified atom stereocenters. The molecule has 1 rings (SSSR count). The fourth-order valence-electron chi connectivity index (χ4n) is 1.60. The lowest BCUT2D eigenvalue weighted by Crippen LogP contribution is -2.27. The maximum Gasteiger partial charge on any atom is 0.144 e. The van der Waals surface area contributed by atoms with Gasteiger partial charge in [0.25, 0.3) is 0 Å². The summed E-state index contributed by atoms with van der Waals surface area (Å²) in [4.78, 5) is 2.13. The largest absolute Gasteiger partial charge is 0.491 e. The van der Waals surface area contributed by atoms with E-state index in [2.05, 4.69) is 17.1 Å². The molecular weight excluding hydrogens is 214 g/mol. The summed E-state index contributed by atoms with van der Waals surface area (Å²) in [5.41, 5.74) is 7.85. The van der Waals surface area contributed by atoms with Crippen molar-refractivity contribution in [2.24, 2.45) is 0 Å². The molecule has 4 heteroatoms. The second kappa shape index (κ2) is 7.01. The van der Waals surface area contributed by atoms with E-state index in [0.717, 1.165) is 36.6 Å². The van der Waals surface area contributed by atoms with Crippen LogP contribution in [0.5, 0.6) is 5.75 Å². The number of nitrogen functional groups attached to an aromatic ring is 1. The van der Waals surface area contributed by atoms with Crippen LogP contribution in [0.15, 0.2) is 18.2 Å². The van der Waals surface area contributed by atoms with Crippen molar-refractivity contribution in [3.63, 3.8) is 0 Å². The van der Waals surface area contributed by atoms with Crippen molar-refractivity contribution in [3.8, 4) is 5.75 Å². The molecule has 1 aromatic rings. The molecule has 0 aromatic heterocycles. The quantitative estimate of drug-likeness (QED) is 0.709. The average Bonchev–Trinajstić information content (AvgIpc) is 2.34. The van der Waals surface area contributed by atoms with Gasteiger partial charge in [0.05, 0.1) is 18.0 Å². The Morgan fingerprint density at radius 2 is 2.18 bits per heavy atom. The molecule has 3 N–H and O–H groups in total. The molecular formula is C13H23N3O. The third-order valence-corrected chi connectivity index (χ3v) is 2.61. The van der Waals surface area contributed by atoms with Crippen molar-refractivity contribution in [2.45, 2.75) is 13.3 Å². The molecule has 0 heterocycles. The fraction of sp³-hybridized carbons (Fsp3) is 0.538. The molecule has 96 valence electrons. The van der Waals surface area contributed by atoms with E-state index in [4.69, 9.17) is 10.5 Å². The van der Waals surface area contributed by atoms with Crippen molar-refractivity contribution < 1.29 is 4.74 Å². The monoisotopic (exact) mass is 237 g/mol. The van der Waals surface area contributed by atoms with Gasteiger partial charge in [0, 0.05) is 20.1 Å². The van der Waals surface area contributed by atoms with Gasteiger partial charge in [-0.05, 0) is 25.6 Å². The number of para-hydroxylation sites is 1. The number of hydrogen-bond acceptors (Lipinski definition) is 4. The van der Waals surface area contributed by atoms with Crippen LogP contribution in [-0.4, -0.2) is 33.8 Å². The topological polar surface area (TPSA) is 50.5 Å². The number of nitrogens with zero attached hydrogens (tertiary/aromatic N) is 1. The fourth-order valence-corrected chi connectivity index (χ4v) is 1.60. The Bertz CT molecular complexity index is 341. The predicted octanol–water partition coefficient (Wildman–Crippen LogP) is 1.71. The summed E-state index contributed by atoms with van der Waals surface area (Å²) in [6, 6.07) is 5.91. The molecule has 0 fully saturated rings. The van der Waals surface area contributed by atoms with Crippen LogP contribution < -0.4 is 20.7 Å². The number of benzene rings is 1. The molecule has 0 aliphatic heterocycles. The highest BCUT2D eigenvalue weighted by Gasteiger charge is 2.09. The van der Waals surface area contributed by atoms with E-state index in [1.165, 1.54) is 0 Å². The van der Waals surface area contributed by atoms with Gasteiger partial charge in [0.2, 0.25) is 0 Å². The van der Waals surface area contributed by atoms with E-state index in [1.54, 1.807) is 0 Å². The van der Waals surface area contributed by atoms with Crippen LogP contribution in [0.4, 0.5) is 11.4 Å². The maximum absolute atomic E-state index is 6.11. The lowest BCUT2D eigenvalue weighted by molar-refractivity contribution is 0.319. The first-order chi connectivity index (χ1) is 8.20. The summed E-state index contributed by atoms with van der Waals surface area (Å²) in [5, 5.41) is 3.12. The second-order valence-corrected chi connectivity index (χ2v) is 4.06. The van der Waals surface area contributed by atoms with Gasteiger partial charge in [0.1, 0.15) is 5.75 Å². The zero-order valence-corrected chi connectivity index (χ0v) is 11.0. The first-order valence-electron chi connectivity index (χ1n) is 6.07. The van der Waals surface area contributed by atoms with Gasteiger partial charge in [-0.1, -0.05) is 13.0 Å². The Morgan fingerprint density at radius 3 is 2.82 bits per heavy atom. The molecule has 0 amide bonds. The van der Waals surface area contributed by atoms with E-state index in [-0.39, 0.29) is 0 Å². The Hall–Kier alpha value is -1.42. The first-order valence-corrected chi connectivity index (χ1v) is 6.07. The normalized spacial score (nSPS) is 10.3. The summed E-state index contributed by atoms with van der Waals surface area (Å²) in [6.45, 7) is 4.63. The van der Waals surface area contributed by atoms with Crippen molar-refractivity contribution in [1.29, 1.82) is 0 Å². The van der Waals surface area contributed by atoms with Crippen molar-refractivity contribution in [1.82, 2.24) is 5.32 Å². The molecule has 0 atom stereocenters. The highest BCUT2D eigenvalue weighted by molar-refractivity contribution is 5.73. The molecule has 17 heavy (non-hydrogen) atoms. The Kier molecular flexibility index (Phi) is 5.63. The molecule has 0 saturated carbocycles. The van der Waals surface area contributed by atoms with Crippen molar-refractivity contribution >= 4 is 11.4 Å². The standard InChI is InChI=1S/C13H23N3O/c1-4-10-17-12-7-5-6-11(13(12)14)16(3)9-8-15-2/h5-7,15H,4,8-10,14H2,1-3H3. The lowest BCUT2D eigenvalue weighted by atomic mass is 10.2. The number of nitrogens with two attached hydrogens (primary N) is 1. The minimum Gasteiger partial charge on any atom is -0.491 e. The molecule has 0 bridgehead atoms. The minimum atomic E-state index is 0.702. The zero-order valence-electron chi connectivity index (χ0n) is 11.0. The Morgan fingerprint density at radius 1 is 1.41 bits per heavy atom. The second-order valence-electron chi connectivity index (χ2n) is 4.06. The summed E-state index contributed by atoms with van der Waals surface area (Å²) < 4.78 is 5.61. The maximum atomic E-state index is 6.11. The van der Waals surface area contributed by atoms with Crippen molar-refractivity contribution in [3.05, 3.63) is 18.2 Å². The SMILES string of the molecule is CCCOc1cccc(N(C)CCNC)c1N. The van der Waals surface area contributed by atoms with Gasteiger partial charge in [-0.2, -0.15) is 0 Å². The van der Waals surface area contributed by atoms with Crippen LogP contribution in [0, 0.1) is 0 Å². The van der Waals surface area contributed by atoms with Gasteiger partial charge in [-0.15, -0.1) is 0 Å². The van der Waals surface area contributed by atoms with Gasteiger partial charge >= 0.3 is 0 Å². The van der Waals surface area contributed by atoms with E-state index in [9.17, 15) is 0 Å². The highest BCUT2D eigenvalue weighted by Crippen LogP contribution is 2.31. The third-order valence-electron chi connectivity index (χ3n) is 2.61. The average molecular weight is 237 g/mol. The van der Waals surface area contributed by atoms with Crippen LogP contribution >= 0.6 is 0 Å². The molecule has 0 aliphatic rings. The number of ether oxygens (including phenoxy) is 1. The summed E-state index contributed by atoms with van der Waals surface area (Å²) in [6.07, 6.45) is 0.985. The number of rotatable bonds is 7. The van der Waals surface area contributed by atoms with E-state index in [0.29, 0.717) is 6.61 Å². The summed E-state index contributed by atoms with van der Waals surface area (Å²) in [7, 11) is 3.98. The highest BCUT2D eigenvalue weighted by atomic mass is 16.5. The zero-order chi connectivity index (χ0) is 12.7. The van der Waals surface area contributed by atoms with Crippen molar-refractivity contribution in [2.75, 3.05) is 44.4 Å². The van der Waals surface area contributed by atoms with Gasteiger partial charge in [0.15, 0.2) is 0 Å². The van der Waals surface area contributed by atoms with Crippen LogP contribution in [0.25, 0.3) is 0 Å². The number of hydrogen-bond donors (Lipinski definition) is 2. The smallest absolute Gasteiger partial charge is 0.144 e. The van der Waals surface area contributed by atoms with E-state index < -0.39 is 0 Å². The molecule has 0 spiro atoms. The molecule has 1 aromatic carbocycles. The van der Waals surface area contributed by atoms with E-state index in [1.807, 2.05) is 32.3 Å². The van der Waals surface area contributed by atoms with Gasteiger partial charge < -0.3 is 20.7 Å². The summed E-state index contributed by atoms with van der Waals surface area (Å²) in [5.74, 6) is 0.778. The lowest BCUT2D eigenvalue weighted by Gasteiger charge is -2.22. The third kappa shape index (κ3) is 3.82. The van der Waals surface area contributed by atoms with Gasteiger partial charge in [-0.3, -0.25) is 0 Å².